The number of nitrogens with zero attached hydrogens (tertiary/aromatic N) is 1. The number of rotatable bonds is 6. The van der Waals surface area contributed by atoms with Crippen LogP contribution in [-0.4, -0.2) is 36.6 Å². The number of carbonyl (C=O) groups excluding carboxylic acids is 1. The van der Waals surface area contributed by atoms with Crippen LogP contribution in [0, 0.1) is 16.0 Å². The smallest absolute Gasteiger partial charge is 0.310 e. The van der Waals surface area contributed by atoms with Crippen LogP contribution in [0.2, 0.25) is 0 Å². The van der Waals surface area contributed by atoms with Gasteiger partial charge in [-0.15, -0.1) is 12.4 Å². The highest BCUT2D eigenvalue weighted by Crippen LogP contribution is 2.25. The highest BCUT2D eigenvalue weighted by Gasteiger charge is 2.22. The summed E-state index contributed by atoms with van der Waals surface area (Å²) in [6, 6.07) is 6.34. The van der Waals surface area contributed by atoms with E-state index in [2.05, 4.69) is 17.6 Å². The molecule has 1 heterocycles. The van der Waals surface area contributed by atoms with E-state index in [4.69, 9.17) is 4.74 Å². The van der Waals surface area contributed by atoms with Gasteiger partial charge in [0, 0.05) is 12.1 Å². The lowest BCUT2D eigenvalue weighted by atomic mass is 9.95. The van der Waals surface area contributed by atoms with Gasteiger partial charge in [-0.1, -0.05) is 19.1 Å². The van der Waals surface area contributed by atoms with Crippen molar-refractivity contribution in [1.29, 1.82) is 0 Å². The van der Waals surface area contributed by atoms with Crippen molar-refractivity contribution in [3.63, 3.8) is 0 Å². The first kappa shape index (κ1) is 19.2. The minimum absolute atomic E-state index is 0. The van der Waals surface area contributed by atoms with Gasteiger partial charge in [-0.25, -0.2) is 0 Å². The third-order valence-electron chi connectivity index (χ3n) is 3.78. The number of nitro benzene ring substituents is 1. The molecule has 1 amide bonds. The number of nitro groups is 1. The molecule has 0 aromatic heterocycles. The molecule has 1 aromatic rings. The van der Waals surface area contributed by atoms with Crippen LogP contribution < -0.4 is 15.4 Å². The molecule has 0 aliphatic carbocycles. The Balaban J connectivity index is 0.00000264. The number of halogens is 1. The van der Waals surface area contributed by atoms with E-state index in [0.29, 0.717) is 5.92 Å². The van der Waals surface area contributed by atoms with Gasteiger partial charge in [0.25, 0.3) is 0 Å². The molecule has 1 aliphatic rings. The topological polar surface area (TPSA) is 93.5 Å². The third-order valence-corrected chi connectivity index (χ3v) is 3.78. The second-order valence-corrected chi connectivity index (χ2v) is 5.47. The van der Waals surface area contributed by atoms with E-state index in [-0.39, 0.29) is 48.8 Å². The van der Waals surface area contributed by atoms with E-state index in [1.165, 1.54) is 12.1 Å². The van der Waals surface area contributed by atoms with Crippen LogP contribution in [0.15, 0.2) is 24.3 Å². The van der Waals surface area contributed by atoms with Crippen molar-refractivity contribution >= 4 is 24.0 Å². The summed E-state index contributed by atoms with van der Waals surface area (Å²) in [7, 11) is 0. The Morgan fingerprint density at radius 3 is 2.91 bits per heavy atom. The SMILES string of the molecule is CC1CNCCC1NC(=O)CCOc1ccccc1[N+](=O)[O-].Cl. The van der Waals surface area contributed by atoms with Crippen LogP contribution >= 0.6 is 12.4 Å². The van der Waals surface area contributed by atoms with Crippen LogP contribution in [0.25, 0.3) is 0 Å². The minimum Gasteiger partial charge on any atom is -0.486 e. The highest BCUT2D eigenvalue weighted by atomic mass is 35.5. The number of ether oxygens (including phenoxy) is 1. The molecule has 2 atom stereocenters. The molecule has 1 aliphatic heterocycles. The summed E-state index contributed by atoms with van der Waals surface area (Å²) < 4.78 is 5.37. The molecule has 23 heavy (non-hydrogen) atoms. The highest BCUT2D eigenvalue weighted by molar-refractivity contribution is 5.85. The first-order valence-corrected chi connectivity index (χ1v) is 7.44. The van der Waals surface area contributed by atoms with Gasteiger partial charge in [-0.2, -0.15) is 0 Å². The quantitative estimate of drug-likeness (QED) is 0.607. The van der Waals surface area contributed by atoms with Gasteiger partial charge >= 0.3 is 5.69 Å². The van der Waals surface area contributed by atoms with Gasteiger partial charge in [-0.05, 0) is 31.5 Å². The predicted octanol–water partition coefficient (Wildman–Crippen LogP) is 1.90. The van der Waals surface area contributed by atoms with Crippen LogP contribution in [0.1, 0.15) is 19.8 Å². The molecule has 128 valence electrons. The van der Waals surface area contributed by atoms with Gasteiger partial charge in [0.1, 0.15) is 0 Å². The Hall–Kier alpha value is -1.86. The van der Waals surface area contributed by atoms with Gasteiger partial charge in [0.2, 0.25) is 5.91 Å². The summed E-state index contributed by atoms with van der Waals surface area (Å²) in [5, 5.41) is 17.1. The molecule has 0 bridgehead atoms. The van der Waals surface area contributed by atoms with Crippen molar-refractivity contribution in [2.75, 3.05) is 19.7 Å². The maximum absolute atomic E-state index is 11.9. The molecule has 8 heteroatoms. The summed E-state index contributed by atoms with van der Waals surface area (Å²) in [5.74, 6) is 0.502. The zero-order chi connectivity index (χ0) is 15.9. The molecular formula is C15H22ClN3O4. The number of hydrogen-bond donors (Lipinski definition) is 2. The molecule has 0 spiro atoms. The molecule has 2 rings (SSSR count). The summed E-state index contributed by atoms with van der Waals surface area (Å²) in [6.07, 6.45) is 1.10. The lowest BCUT2D eigenvalue weighted by molar-refractivity contribution is -0.385. The van der Waals surface area contributed by atoms with Gasteiger partial charge in [0.15, 0.2) is 5.75 Å². The standard InChI is InChI=1S/C15H21N3O4.ClH/c1-11-10-16-8-6-12(11)17-15(19)7-9-22-14-5-3-2-4-13(14)18(20)21;/h2-5,11-12,16H,6-10H2,1H3,(H,17,19);1H. The van der Waals surface area contributed by atoms with E-state index >= 15 is 0 Å². The van der Waals surface area contributed by atoms with E-state index < -0.39 is 4.92 Å². The first-order valence-electron chi connectivity index (χ1n) is 7.44. The average Bonchev–Trinajstić information content (AvgIpc) is 2.50. The van der Waals surface area contributed by atoms with E-state index in [1.54, 1.807) is 12.1 Å². The van der Waals surface area contributed by atoms with Gasteiger partial charge < -0.3 is 15.4 Å². The predicted molar refractivity (Wildman–Crippen MR) is 89.0 cm³/mol. The molecule has 2 unspecified atom stereocenters. The summed E-state index contributed by atoms with van der Waals surface area (Å²) in [4.78, 5) is 22.3. The molecule has 1 aromatic carbocycles. The van der Waals surface area contributed by atoms with Crippen molar-refractivity contribution < 1.29 is 14.5 Å². The van der Waals surface area contributed by atoms with E-state index in [1.807, 2.05) is 0 Å². The Bertz CT molecular complexity index is 541. The Morgan fingerprint density at radius 2 is 2.22 bits per heavy atom. The van der Waals surface area contributed by atoms with Crippen LogP contribution in [-0.2, 0) is 4.79 Å². The molecule has 7 nitrogen and oxygen atoms in total. The molecule has 1 saturated heterocycles. The Morgan fingerprint density at radius 1 is 1.48 bits per heavy atom. The van der Waals surface area contributed by atoms with Crippen molar-refractivity contribution in [2.24, 2.45) is 5.92 Å². The fourth-order valence-corrected chi connectivity index (χ4v) is 2.49. The van der Waals surface area contributed by atoms with E-state index in [9.17, 15) is 14.9 Å². The first-order chi connectivity index (χ1) is 10.6. The number of piperidine rings is 1. The molecule has 1 fully saturated rings. The number of amides is 1. The fraction of sp³-hybridized carbons (Fsp3) is 0.533. The minimum atomic E-state index is -0.494. The zero-order valence-corrected chi connectivity index (χ0v) is 13.8. The van der Waals surface area contributed by atoms with Crippen LogP contribution in [0.5, 0.6) is 5.75 Å². The number of benzene rings is 1. The maximum Gasteiger partial charge on any atom is 0.310 e. The fourth-order valence-electron chi connectivity index (χ4n) is 2.49. The summed E-state index contributed by atoms with van der Waals surface area (Å²) >= 11 is 0. The number of nitrogens with one attached hydrogen (secondary N) is 2. The van der Waals surface area contributed by atoms with Crippen molar-refractivity contribution in [3.8, 4) is 5.75 Å². The molecule has 0 radical (unpaired) electrons. The van der Waals surface area contributed by atoms with E-state index in [0.717, 1.165) is 19.5 Å². The second-order valence-electron chi connectivity index (χ2n) is 5.47. The maximum atomic E-state index is 11.9. The zero-order valence-electron chi connectivity index (χ0n) is 13.0. The Labute approximate surface area is 141 Å². The summed E-state index contributed by atoms with van der Waals surface area (Å²) in [5.41, 5.74) is -0.0881. The summed E-state index contributed by atoms with van der Waals surface area (Å²) in [6.45, 7) is 4.02. The average molecular weight is 344 g/mol. The Kier molecular flexibility index (Phi) is 7.77. The largest absolute Gasteiger partial charge is 0.486 e. The van der Waals surface area contributed by atoms with Gasteiger partial charge in [-0.3, -0.25) is 14.9 Å². The molecular weight excluding hydrogens is 322 g/mol. The molecule has 2 N–H and O–H groups in total. The third kappa shape index (κ3) is 5.69. The normalized spacial score (nSPS) is 20.2. The van der Waals surface area contributed by atoms with Crippen molar-refractivity contribution in [2.45, 2.75) is 25.8 Å². The van der Waals surface area contributed by atoms with Crippen molar-refractivity contribution in [3.05, 3.63) is 34.4 Å². The lowest BCUT2D eigenvalue weighted by Crippen LogP contribution is -2.48. The van der Waals surface area contributed by atoms with Crippen molar-refractivity contribution in [1.82, 2.24) is 10.6 Å². The number of carbonyl (C=O) groups is 1. The number of hydrogen-bond acceptors (Lipinski definition) is 5. The van der Waals surface area contributed by atoms with Crippen LogP contribution in [0.4, 0.5) is 5.69 Å². The van der Waals surface area contributed by atoms with Crippen LogP contribution in [0.3, 0.4) is 0 Å². The second kappa shape index (κ2) is 9.32. The molecule has 0 saturated carbocycles. The van der Waals surface area contributed by atoms with Gasteiger partial charge in [0.05, 0.1) is 18.0 Å². The monoisotopic (exact) mass is 343 g/mol. The number of para-hydroxylation sites is 2. The lowest BCUT2D eigenvalue weighted by Gasteiger charge is -2.30.